The number of hydrogen-bond acceptors (Lipinski definition) is 5. The van der Waals surface area contributed by atoms with E-state index in [1.54, 1.807) is 19.1 Å². The molecule has 0 aliphatic heterocycles. The van der Waals surface area contributed by atoms with Crippen LogP contribution in [0.5, 0.6) is 5.75 Å². The summed E-state index contributed by atoms with van der Waals surface area (Å²) in [6.45, 7) is 2.22. The Labute approximate surface area is 170 Å². The Kier molecular flexibility index (Phi) is 5.60. The van der Waals surface area contributed by atoms with Crippen LogP contribution >= 0.6 is 0 Å². The first-order valence-electron chi connectivity index (χ1n) is 10.0. The van der Waals surface area contributed by atoms with Gasteiger partial charge in [-0.3, -0.25) is 4.79 Å². The van der Waals surface area contributed by atoms with Gasteiger partial charge in [0.1, 0.15) is 17.9 Å². The first kappa shape index (κ1) is 19.2. The van der Waals surface area contributed by atoms with Crippen LogP contribution in [0.3, 0.4) is 0 Å². The minimum absolute atomic E-state index is 0.153. The van der Waals surface area contributed by atoms with Gasteiger partial charge in [0.25, 0.3) is 5.91 Å². The van der Waals surface area contributed by atoms with Crippen molar-refractivity contribution < 1.29 is 14.1 Å². The molecule has 1 N–H and O–H groups in total. The van der Waals surface area contributed by atoms with Crippen molar-refractivity contribution >= 4 is 5.91 Å². The van der Waals surface area contributed by atoms with Crippen molar-refractivity contribution in [3.05, 3.63) is 77.4 Å². The van der Waals surface area contributed by atoms with Crippen LogP contribution in [0.4, 0.5) is 0 Å². The van der Waals surface area contributed by atoms with Crippen LogP contribution in [-0.2, 0) is 12.1 Å². The molecule has 1 aliphatic rings. The highest BCUT2D eigenvalue weighted by atomic mass is 16.5. The third-order valence-electron chi connectivity index (χ3n) is 5.36. The van der Waals surface area contributed by atoms with Crippen molar-refractivity contribution in [3.8, 4) is 5.75 Å². The van der Waals surface area contributed by atoms with Crippen LogP contribution in [-0.4, -0.2) is 16.0 Å². The van der Waals surface area contributed by atoms with Crippen molar-refractivity contribution in [1.82, 2.24) is 15.5 Å². The SMILES string of the molecule is Cc1nc(C2(NC(=O)c3cccc(OCc4ccccc4)c3)CCCCC2)no1. The number of amides is 1. The second kappa shape index (κ2) is 8.47. The zero-order valence-corrected chi connectivity index (χ0v) is 16.6. The van der Waals surface area contributed by atoms with Gasteiger partial charge in [0.15, 0.2) is 5.82 Å². The standard InChI is InChI=1S/C23H25N3O3/c1-17-24-22(26-29-17)23(13-6-3-7-14-23)25-21(27)19-11-8-12-20(15-19)28-16-18-9-4-2-5-10-18/h2,4-5,8-12,15H,3,6-7,13-14,16H2,1H3,(H,25,27). The van der Waals surface area contributed by atoms with Crippen LogP contribution in [0, 0.1) is 6.92 Å². The number of benzene rings is 2. The Hall–Kier alpha value is -3.15. The molecule has 1 aromatic heterocycles. The molecule has 2 aromatic carbocycles. The van der Waals surface area contributed by atoms with Crippen LogP contribution in [0.25, 0.3) is 0 Å². The van der Waals surface area contributed by atoms with Crippen molar-refractivity contribution in [2.45, 2.75) is 51.2 Å². The average molecular weight is 391 g/mol. The quantitative estimate of drug-likeness (QED) is 0.667. The Morgan fingerprint density at radius 3 is 2.62 bits per heavy atom. The van der Waals surface area contributed by atoms with E-state index in [1.165, 1.54) is 0 Å². The number of aromatic nitrogens is 2. The third kappa shape index (κ3) is 4.47. The van der Waals surface area contributed by atoms with Gasteiger partial charge >= 0.3 is 0 Å². The topological polar surface area (TPSA) is 77.2 Å². The number of carbonyl (C=O) groups excluding carboxylic acids is 1. The number of nitrogens with zero attached hydrogens (tertiary/aromatic N) is 2. The maximum Gasteiger partial charge on any atom is 0.252 e. The lowest BCUT2D eigenvalue weighted by Crippen LogP contribution is -2.48. The summed E-state index contributed by atoms with van der Waals surface area (Å²) in [7, 11) is 0. The molecule has 0 saturated heterocycles. The van der Waals surface area contributed by atoms with E-state index in [1.807, 2.05) is 42.5 Å². The lowest BCUT2D eigenvalue weighted by atomic mass is 9.80. The van der Waals surface area contributed by atoms with Crippen molar-refractivity contribution in [1.29, 1.82) is 0 Å². The van der Waals surface area contributed by atoms with Gasteiger partial charge in [-0.25, -0.2) is 0 Å². The number of aryl methyl sites for hydroxylation is 1. The lowest BCUT2D eigenvalue weighted by Gasteiger charge is -2.35. The summed E-state index contributed by atoms with van der Waals surface area (Å²) in [4.78, 5) is 17.5. The van der Waals surface area contributed by atoms with Gasteiger partial charge in [0, 0.05) is 12.5 Å². The van der Waals surface area contributed by atoms with Crippen LogP contribution in [0.1, 0.15) is 59.7 Å². The largest absolute Gasteiger partial charge is 0.489 e. The van der Waals surface area contributed by atoms with E-state index < -0.39 is 5.54 Å². The molecule has 29 heavy (non-hydrogen) atoms. The van der Waals surface area contributed by atoms with Crippen molar-refractivity contribution in [2.75, 3.05) is 0 Å². The van der Waals surface area contributed by atoms with Crippen molar-refractivity contribution in [3.63, 3.8) is 0 Å². The molecule has 1 heterocycles. The van der Waals surface area contributed by atoms with E-state index >= 15 is 0 Å². The minimum Gasteiger partial charge on any atom is -0.489 e. The predicted molar refractivity (Wildman–Crippen MR) is 108 cm³/mol. The second-order valence-electron chi connectivity index (χ2n) is 7.54. The van der Waals surface area contributed by atoms with Crippen LogP contribution in [0.15, 0.2) is 59.1 Å². The molecule has 4 rings (SSSR count). The summed E-state index contributed by atoms with van der Waals surface area (Å²) in [5.74, 6) is 1.59. The Balaban J connectivity index is 1.49. The number of nitrogens with one attached hydrogen (secondary N) is 1. The number of hydrogen-bond donors (Lipinski definition) is 1. The monoisotopic (exact) mass is 391 g/mol. The minimum atomic E-state index is -0.575. The smallest absolute Gasteiger partial charge is 0.252 e. The normalized spacial score (nSPS) is 15.6. The van der Waals surface area contributed by atoms with E-state index in [4.69, 9.17) is 9.26 Å². The molecule has 0 atom stereocenters. The second-order valence-corrected chi connectivity index (χ2v) is 7.54. The van der Waals surface area contributed by atoms with Gasteiger partial charge in [-0.05, 0) is 36.6 Å². The van der Waals surface area contributed by atoms with E-state index in [0.717, 1.165) is 37.7 Å². The number of ether oxygens (including phenoxy) is 1. The molecule has 0 bridgehead atoms. The summed E-state index contributed by atoms with van der Waals surface area (Å²) in [5.41, 5.74) is 1.06. The molecule has 0 radical (unpaired) electrons. The molecule has 1 aliphatic carbocycles. The average Bonchev–Trinajstić information content (AvgIpc) is 3.21. The summed E-state index contributed by atoms with van der Waals surface area (Å²) in [6.07, 6.45) is 4.81. The van der Waals surface area contributed by atoms with Crippen LogP contribution in [0.2, 0.25) is 0 Å². The summed E-state index contributed by atoms with van der Waals surface area (Å²) >= 11 is 0. The van der Waals surface area contributed by atoms with Gasteiger partial charge in [-0.2, -0.15) is 4.98 Å². The molecule has 150 valence electrons. The molecule has 1 saturated carbocycles. The lowest BCUT2D eigenvalue weighted by molar-refractivity contribution is 0.0855. The molecule has 3 aromatic rings. The molecule has 1 amide bonds. The van der Waals surface area contributed by atoms with E-state index in [0.29, 0.717) is 29.6 Å². The number of carbonyl (C=O) groups is 1. The zero-order valence-electron chi connectivity index (χ0n) is 16.6. The van der Waals surface area contributed by atoms with Gasteiger partial charge in [-0.15, -0.1) is 0 Å². The molecular weight excluding hydrogens is 366 g/mol. The van der Waals surface area contributed by atoms with E-state index in [9.17, 15) is 4.79 Å². The molecule has 6 heteroatoms. The first-order valence-corrected chi connectivity index (χ1v) is 10.0. The highest BCUT2D eigenvalue weighted by Gasteiger charge is 2.39. The molecule has 1 fully saturated rings. The Morgan fingerprint density at radius 1 is 1.10 bits per heavy atom. The highest BCUT2D eigenvalue weighted by molar-refractivity contribution is 5.95. The number of rotatable bonds is 6. The van der Waals surface area contributed by atoms with E-state index in [2.05, 4.69) is 15.5 Å². The fourth-order valence-electron chi connectivity index (χ4n) is 3.81. The summed E-state index contributed by atoms with van der Waals surface area (Å²) in [6, 6.07) is 17.2. The molecule has 0 spiro atoms. The fourth-order valence-corrected chi connectivity index (χ4v) is 3.81. The molecule has 0 unspecified atom stereocenters. The van der Waals surface area contributed by atoms with E-state index in [-0.39, 0.29) is 5.91 Å². The van der Waals surface area contributed by atoms with Crippen LogP contribution < -0.4 is 10.1 Å². The highest BCUT2D eigenvalue weighted by Crippen LogP contribution is 2.36. The molecule has 6 nitrogen and oxygen atoms in total. The van der Waals surface area contributed by atoms with Gasteiger partial charge in [0.05, 0.1) is 0 Å². The predicted octanol–water partition coefficient (Wildman–Crippen LogP) is 4.55. The maximum absolute atomic E-state index is 13.1. The zero-order chi connectivity index (χ0) is 20.1. The van der Waals surface area contributed by atoms with Gasteiger partial charge < -0.3 is 14.6 Å². The summed E-state index contributed by atoms with van der Waals surface area (Å²) in [5, 5.41) is 7.31. The Bertz CT molecular complexity index is 962. The summed E-state index contributed by atoms with van der Waals surface area (Å²) < 4.78 is 11.1. The van der Waals surface area contributed by atoms with Gasteiger partial charge in [-0.1, -0.05) is 60.8 Å². The Morgan fingerprint density at radius 2 is 1.90 bits per heavy atom. The third-order valence-corrected chi connectivity index (χ3v) is 5.36. The maximum atomic E-state index is 13.1. The van der Waals surface area contributed by atoms with Gasteiger partial charge in [0.2, 0.25) is 5.89 Å². The molecular formula is C23H25N3O3. The first-order chi connectivity index (χ1) is 14.1. The van der Waals surface area contributed by atoms with Crippen molar-refractivity contribution in [2.24, 2.45) is 0 Å². The fraction of sp³-hybridized carbons (Fsp3) is 0.348.